The lowest BCUT2D eigenvalue weighted by molar-refractivity contribution is 0.00834. The van der Waals surface area contributed by atoms with E-state index in [0.717, 1.165) is 12.8 Å². The number of ether oxygens (including phenoxy) is 1. The van der Waals surface area contributed by atoms with Gasteiger partial charge in [0.1, 0.15) is 5.82 Å². The molecule has 2 aliphatic rings. The number of hydrogen-bond donors (Lipinski definition) is 0. The Morgan fingerprint density at radius 1 is 1.38 bits per heavy atom. The number of nitrogens with zero attached hydrogens (tertiary/aromatic N) is 3. The minimum absolute atomic E-state index is 0.0845. The molecule has 1 amide bonds. The van der Waals surface area contributed by atoms with E-state index >= 15 is 0 Å². The molecule has 1 aromatic heterocycles. The molecule has 1 atom stereocenters. The number of carbonyl (C=O) groups excluding carboxylic acids is 1. The molecule has 3 heterocycles. The number of hydrogen-bond acceptors (Lipinski definition) is 5. The van der Waals surface area contributed by atoms with Gasteiger partial charge in [-0.05, 0) is 31.9 Å². The smallest absolute Gasteiger partial charge is 0.258 e. The van der Waals surface area contributed by atoms with Gasteiger partial charge in [0.2, 0.25) is 5.89 Å². The van der Waals surface area contributed by atoms with Crippen LogP contribution in [-0.4, -0.2) is 47.3 Å². The quantitative estimate of drug-likeness (QED) is 0.801. The molecule has 1 aromatic carbocycles. The topological polar surface area (TPSA) is 68.5 Å². The number of amides is 1. The molecule has 4 rings (SSSR count). The van der Waals surface area contributed by atoms with Crippen molar-refractivity contribution >= 4 is 17.5 Å². The molecule has 0 unspecified atom stereocenters. The van der Waals surface area contributed by atoms with Gasteiger partial charge in [-0.15, -0.1) is 0 Å². The zero-order valence-electron chi connectivity index (χ0n) is 14.4. The first-order chi connectivity index (χ1) is 12.5. The SMILES string of the molecule is Cc1noc([C@@H]2CN(C(=O)c3c(F)cccc3Cl)CC23CCOCC3)n1. The van der Waals surface area contributed by atoms with Crippen LogP contribution in [0.1, 0.15) is 40.8 Å². The highest BCUT2D eigenvalue weighted by Gasteiger charge is 2.52. The van der Waals surface area contributed by atoms with Crippen LogP contribution in [0.2, 0.25) is 5.02 Å². The summed E-state index contributed by atoms with van der Waals surface area (Å²) in [5.74, 6) is -0.0242. The number of halogens is 2. The minimum atomic E-state index is -0.611. The second kappa shape index (κ2) is 6.63. The van der Waals surface area contributed by atoms with Gasteiger partial charge in [0.15, 0.2) is 5.82 Å². The third-order valence-electron chi connectivity index (χ3n) is 5.44. The van der Waals surface area contributed by atoms with Gasteiger partial charge in [-0.25, -0.2) is 4.39 Å². The van der Waals surface area contributed by atoms with E-state index in [1.54, 1.807) is 11.8 Å². The van der Waals surface area contributed by atoms with Crippen LogP contribution < -0.4 is 0 Å². The third-order valence-corrected chi connectivity index (χ3v) is 5.76. The fourth-order valence-electron chi connectivity index (χ4n) is 4.06. The van der Waals surface area contributed by atoms with E-state index in [2.05, 4.69) is 10.1 Å². The summed E-state index contributed by atoms with van der Waals surface area (Å²) in [6.45, 7) is 3.88. The molecule has 0 saturated carbocycles. The van der Waals surface area contributed by atoms with Crippen molar-refractivity contribution in [2.45, 2.75) is 25.7 Å². The van der Waals surface area contributed by atoms with Crippen molar-refractivity contribution in [1.29, 1.82) is 0 Å². The molecule has 26 heavy (non-hydrogen) atoms. The first kappa shape index (κ1) is 17.4. The second-order valence-electron chi connectivity index (χ2n) is 6.99. The molecule has 2 saturated heterocycles. The summed E-state index contributed by atoms with van der Waals surface area (Å²) in [6, 6.07) is 4.26. The van der Waals surface area contributed by atoms with Gasteiger partial charge in [0, 0.05) is 31.7 Å². The van der Waals surface area contributed by atoms with Crippen LogP contribution in [0, 0.1) is 18.2 Å². The number of benzene rings is 1. The molecular formula is C18H19ClFN3O3. The molecule has 138 valence electrons. The minimum Gasteiger partial charge on any atom is -0.381 e. The molecule has 2 aromatic rings. The molecule has 2 aliphatic heterocycles. The Morgan fingerprint density at radius 2 is 2.15 bits per heavy atom. The van der Waals surface area contributed by atoms with Crippen molar-refractivity contribution in [2.75, 3.05) is 26.3 Å². The lowest BCUT2D eigenvalue weighted by Gasteiger charge is -2.36. The average Bonchev–Trinajstić information content (AvgIpc) is 3.19. The van der Waals surface area contributed by atoms with E-state index in [1.165, 1.54) is 18.2 Å². The summed E-state index contributed by atoms with van der Waals surface area (Å²) in [5.41, 5.74) is -0.288. The van der Waals surface area contributed by atoms with Gasteiger partial charge in [-0.2, -0.15) is 4.98 Å². The number of carbonyl (C=O) groups is 1. The fraction of sp³-hybridized carbons (Fsp3) is 0.500. The molecular weight excluding hydrogens is 361 g/mol. The van der Waals surface area contributed by atoms with Crippen LogP contribution in [0.25, 0.3) is 0 Å². The van der Waals surface area contributed by atoms with Gasteiger partial charge in [-0.3, -0.25) is 4.79 Å². The van der Waals surface area contributed by atoms with Crippen molar-refractivity contribution in [2.24, 2.45) is 5.41 Å². The summed E-state index contributed by atoms with van der Waals surface area (Å²) in [5, 5.41) is 4.01. The van der Waals surface area contributed by atoms with E-state index in [1.807, 2.05) is 0 Å². The largest absolute Gasteiger partial charge is 0.381 e. The maximum Gasteiger partial charge on any atom is 0.258 e. The van der Waals surface area contributed by atoms with Crippen LogP contribution in [0.5, 0.6) is 0 Å². The lowest BCUT2D eigenvalue weighted by Crippen LogP contribution is -2.37. The predicted molar refractivity (Wildman–Crippen MR) is 91.6 cm³/mol. The molecule has 0 aliphatic carbocycles. The third kappa shape index (κ3) is 2.89. The molecule has 0 N–H and O–H groups in total. The van der Waals surface area contributed by atoms with Crippen molar-refractivity contribution in [3.63, 3.8) is 0 Å². The van der Waals surface area contributed by atoms with E-state index in [4.69, 9.17) is 20.9 Å². The first-order valence-corrected chi connectivity index (χ1v) is 8.99. The molecule has 2 fully saturated rings. The summed E-state index contributed by atoms with van der Waals surface area (Å²) in [6.07, 6.45) is 1.57. The average molecular weight is 380 g/mol. The van der Waals surface area contributed by atoms with Crippen LogP contribution in [0.4, 0.5) is 4.39 Å². The maximum absolute atomic E-state index is 14.2. The van der Waals surface area contributed by atoms with Gasteiger partial charge in [0.05, 0.1) is 16.5 Å². The Balaban J connectivity index is 1.68. The van der Waals surface area contributed by atoms with Crippen LogP contribution in [0.15, 0.2) is 22.7 Å². The zero-order chi connectivity index (χ0) is 18.3. The first-order valence-electron chi connectivity index (χ1n) is 8.61. The van der Waals surface area contributed by atoms with E-state index in [9.17, 15) is 9.18 Å². The molecule has 0 bridgehead atoms. The Kier molecular flexibility index (Phi) is 4.44. The Labute approximate surface area is 155 Å². The van der Waals surface area contributed by atoms with Crippen molar-refractivity contribution in [3.8, 4) is 0 Å². The molecule has 6 nitrogen and oxygen atoms in total. The standard InChI is InChI=1S/C18H19ClFN3O3/c1-11-21-16(26-22-11)12-9-23(10-18(12)5-7-25-8-6-18)17(24)15-13(19)3-2-4-14(15)20/h2-4,12H,5-10H2,1H3/t12-/m0/s1. The predicted octanol–water partition coefficient (Wildman–Crippen LogP) is 3.21. The lowest BCUT2D eigenvalue weighted by atomic mass is 9.72. The number of aromatic nitrogens is 2. The summed E-state index contributed by atoms with van der Waals surface area (Å²) < 4.78 is 25.1. The molecule has 0 radical (unpaired) electrons. The maximum atomic E-state index is 14.2. The van der Waals surface area contributed by atoms with Crippen molar-refractivity contribution in [1.82, 2.24) is 15.0 Å². The van der Waals surface area contributed by atoms with Gasteiger partial charge in [-0.1, -0.05) is 22.8 Å². The highest BCUT2D eigenvalue weighted by atomic mass is 35.5. The Bertz CT molecular complexity index is 815. The van der Waals surface area contributed by atoms with E-state index < -0.39 is 11.7 Å². The van der Waals surface area contributed by atoms with Gasteiger partial charge in [0.25, 0.3) is 5.91 Å². The Morgan fingerprint density at radius 3 is 2.81 bits per heavy atom. The fourth-order valence-corrected chi connectivity index (χ4v) is 4.31. The summed E-state index contributed by atoms with van der Waals surface area (Å²) in [7, 11) is 0. The number of aryl methyl sites for hydroxylation is 1. The molecule has 8 heteroatoms. The van der Waals surface area contributed by atoms with Crippen molar-refractivity contribution in [3.05, 3.63) is 46.3 Å². The second-order valence-corrected chi connectivity index (χ2v) is 7.40. The monoisotopic (exact) mass is 379 g/mol. The number of rotatable bonds is 2. The zero-order valence-corrected chi connectivity index (χ0v) is 15.1. The van der Waals surface area contributed by atoms with Crippen LogP contribution in [-0.2, 0) is 4.74 Å². The summed E-state index contributed by atoms with van der Waals surface area (Å²) in [4.78, 5) is 19.0. The highest BCUT2D eigenvalue weighted by Crippen LogP contribution is 2.49. The van der Waals surface area contributed by atoms with Crippen LogP contribution >= 0.6 is 11.6 Å². The summed E-state index contributed by atoms with van der Waals surface area (Å²) >= 11 is 6.09. The van der Waals surface area contributed by atoms with Gasteiger partial charge >= 0.3 is 0 Å². The highest BCUT2D eigenvalue weighted by molar-refractivity contribution is 6.33. The van der Waals surface area contributed by atoms with Crippen LogP contribution in [0.3, 0.4) is 0 Å². The van der Waals surface area contributed by atoms with Crippen molar-refractivity contribution < 1.29 is 18.4 Å². The van der Waals surface area contributed by atoms with E-state index in [-0.39, 0.29) is 21.9 Å². The molecule has 1 spiro atoms. The van der Waals surface area contributed by atoms with E-state index in [0.29, 0.717) is 38.0 Å². The Hall–Kier alpha value is -1.99. The normalized spacial score (nSPS) is 22.1. The van der Waals surface area contributed by atoms with Gasteiger partial charge < -0.3 is 14.2 Å². The number of likely N-dealkylation sites (tertiary alicyclic amines) is 1.